The molecule has 0 aliphatic rings. The Bertz CT molecular complexity index is 564. The Morgan fingerprint density at radius 2 is 1.75 bits per heavy atom. The normalized spacial score (nSPS) is 11.0. The molecule has 0 unspecified atom stereocenters. The van der Waals surface area contributed by atoms with Crippen molar-refractivity contribution >= 4 is 11.6 Å². The quantitative estimate of drug-likeness (QED) is 0.852. The topological polar surface area (TPSA) is 32.3 Å². The third-order valence-electron chi connectivity index (χ3n) is 3.33. The Morgan fingerprint density at radius 3 is 2.40 bits per heavy atom. The number of aromatic hydroxyl groups is 1. The number of hydrogen-bond acceptors (Lipinski definition) is 2. The Labute approximate surface area is 125 Å². The molecule has 0 heterocycles. The van der Waals surface area contributed by atoms with Crippen LogP contribution in [-0.2, 0) is 13.1 Å². The molecule has 2 aromatic rings. The molecule has 0 saturated heterocycles. The van der Waals surface area contributed by atoms with E-state index >= 15 is 0 Å². The number of phenolic OH excluding ortho intramolecular Hbond substituents is 1. The van der Waals surface area contributed by atoms with E-state index in [1.807, 2.05) is 0 Å². The molecule has 0 aromatic heterocycles. The summed E-state index contributed by atoms with van der Waals surface area (Å²) in [6, 6.07) is 13.7. The summed E-state index contributed by atoms with van der Waals surface area (Å²) in [5.74, 6) is 0.831. The first kappa shape index (κ1) is 14.9. The van der Waals surface area contributed by atoms with Crippen LogP contribution in [0.2, 0.25) is 5.02 Å². The van der Waals surface area contributed by atoms with Gasteiger partial charge in [0.05, 0.1) is 0 Å². The summed E-state index contributed by atoms with van der Waals surface area (Å²) < 4.78 is 0. The molecule has 2 aromatic carbocycles. The molecule has 0 amide bonds. The summed E-state index contributed by atoms with van der Waals surface area (Å²) in [4.78, 5) is 0. The predicted molar refractivity (Wildman–Crippen MR) is 84.2 cm³/mol. The van der Waals surface area contributed by atoms with Crippen molar-refractivity contribution in [3.63, 3.8) is 0 Å². The van der Waals surface area contributed by atoms with Gasteiger partial charge in [0, 0.05) is 23.7 Å². The maximum Gasteiger partial charge on any atom is 0.120 e. The highest BCUT2D eigenvalue weighted by Gasteiger charge is 2.02. The molecule has 0 aliphatic heterocycles. The SMILES string of the molecule is CC(C)c1ccc(CNCc2cc(Cl)ccc2O)cc1. The van der Waals surface area contributed by atoms with E-state index < -0.39 is 0 Å². The lowest BCUT2D eigenvalue weighted by Crippen LogP contribution is -2.12. The van der Waals surface area contributed by atoms with Gasteiger partial charge in [-0.2, -0.15) is 0 Å². The first-order valence-electron chi connectivity index (χ1n) is 6.83. The van der Waals surface area contributed by atoms with Crippen molar-refractivity contribution in [3.8, 4) is 5.75 Å². The van der Waals surface area contributed by atoms with Gasteiger partial charge in [-0.05, 0) is 35.2 Å². The van der Waals surface area contributed by atoms with E-state index in [0.717, 1.165) is 12.1 Å². The van der Waals surface area contributed by atoms with E-state index in [1.165, 1.54) is 11.1 Å². The highest BCUT2D eigenvalue weighted by atomic mass is 35.5. The number of hydrogen-bond donors (Lipinski definition) is 2. The number of halogens is 1. The van der Waals surface area contributed by atoms with Gasteiger partial charge in [-0.15, -0.1) is 0 Å². The molecular weight excluding hydrogens is 270 g/mol. The van der Waals surface area contributed by atoms with Gasteiger partial charge in [0.25, 0.3) is 0 Å². The van der Waals surface area contributed by atoms with Gasteiger partial charge in [0.15, 0.2) is 0 Å². The second-order valence-corrected chi connectivity index (χ2v) is 5.71. The summed E-state index contributed by atoms with van der Waals surface area (Å²) in [5.41, 5.74) is 3.40. The number of phenols is 1. The Kier molecular flexibility index (Phi) is 5.05. The van der Waals surface area contributed by atoms with Crippen molar-refractivity contribution in [2.24, 2.45) is 0 Å². The van der Waals surface area contributed by atoms with E-state index in [2.05, 4.69) is 43.4 Å². The summed E-state index contributed by atoms with van der Waals surface area (Å²) in [7, 11) is 0. The molecule has 2 N–H and O–H groups in total. The van der Waals surface area contributed by atoms with Crippen LogP contribution < -0.4 is 5.32 Å². The molecule has 0 spiro atoms. The van der Waals surface area contributed by atoms with E-state index in [1.54, 1.807) is 18.2 Å². The molecule has 2 rings (SSSR count). The van der Waals surface area contributed by atoms with Crippen molar-refractivity contribution in [2.45, 2.75) is 32.9 Å². The molecule has 2 nitrogen and oxygen atoms in total. The van der Waals surface area contributed by atoms with E-state index in [0.29, 0.717) is 17.5 Å². The first-order valence-corrected chi connectivity index (χ1v) is 7.21. The van der Waals surface area contributed by atoms with Crippen molar-refractivity contribution in [1.82, 2.24) is 5.32 Å². The lowest BCUT2D eigenvalue weighted by molar-refractivity contribution is 0.464. The van der Waals surface area contributed by atoms with Crippen molar-refractivity contribution in [2.75, 3.05) is 0 Å². The fourth-order valence-corrected chi connectivity index (χ4v) is 2.25. The largest absolute Gasteiger partial charge is 0.508 e. The van der Waals surface area contributed by atoms with Crippen molar-refractivity contribution in [3.05, 3.63) is 64.2 Å². The number of rotatable bonds is 5. The third kappa shape index (κ3) is 3.99. The third-order valence-corrected chi connectivity index (χ3v) is 3.57. The lowest BCUT2D eigenvalue weighted by atomic mass is 10.0. The standard InChI is InChI=1S/C17H20ClNO/c1-12(2)14-5-3-13(4-6-14)10-19-11-15-9-16(18)7-8-17(15)20/h3-9,12,19-20H,10-11H2,1-2H3. The van der Waals surface area contributed by atoms with E-state index in [-0.39, 0.29) is 5.75 Å². The van der Waals surface area contributed by atoms with E-state index in [9.17, 15) is 5.11 Å². The van der Waals surface area contributed by atoms with Crippen LogP contribution in [0.1, 0.15) is 36.5 Å². The average molecular weight is 290 g/mol. The Morgan fingerprint density at radius 1 is 1.05 bits per heavy atom. The summed E-state index contributed by atoms with van der Waals surface area (Å²) in [5, 5.41) is 13.7. The highest BCUT2D eigenvalue weighted by Crippen LogP contribution is 2.21. The van der Waals surface area contributed by atoms with E-state index in [4.69, 9.17) is 11.6 Å². The lowest BCUT2D eigenvalue weighted by Gasteiger charge is -2.09. The number of nitrogens with one attached hydrogen (secondary N) is 1. The van der Waals surface area contributed by atoms with Crippen LogP contribution in [-0.4, -0.2) is 5.11 Å². The van der Waals surface area contributed by atoms with Crippen molar-refractivity contribution in [1.29, 1.82) is 0 Å². The molecule has 0 atom stereocenters. The van der Waals surface area contributed by atoms with Crippen LogP contribution in [0.25, 0.3) is 0 Å². The van der Waals surface area contributed by atoms with Gasteiger partial charge in [-0.3, -0.25) is 0 Å². The van der Waals surface area contributed by atoms with Crippen molar-refractivity contribution < 1.29 is 5.11 Å². The number of benzene rings is 2. The van der Waals surface area contributed by atoms with Gasteiger partial charge in [0.2, 0.25) is 0 Å². The van der Waals surface area contributed by atoms with Gasteiger partial charge in [-0.25, -0.2) is 0 Å². The molecule has 0 fully saturated rings. The van der Waals surface area contributed by atoms with Crippen LogP contribution in [0.15, 0.2) is 42.5 Å². The van der Waals surface area contributed by atoms with Crippen LogP contribution in [0.3, 0.4) is 0 Å². The van der Waals surface area contributed by atoms with Gasteiger partial charge >= 0.3 is 0 Å². The van der Waals surface area contributed by atoms with Crippen LogP contribution in [0.4, 0.5) is 0 Å². The first-order chi connectivity index (χ1) is 9.56. The Balaban J connectivity index is 1.91. The summed E-state index contributed by atoms with van der Waals surface area (Å²) in [6.07, 6.45) is 0. The minimum Gasteiger partial charge on any atom is -0.508 e. The molecule has 0 bridgehead atoms. The smallest absolute Gasteiger partial charge is 0.120 e. The van der Waals surface area contributed by atoms with Gasteiger partial charge < -0.3 is 10.4 Å². The predicted octanol–water partition coefficient (Wildman–Crippen LogP) is 4.46. The average Bonchev–Trinajstić information content (AvgIpc) is 2.43. The minimum absolute atomic E-state index is 0.275. The molecule has 0 saturated carbocycles. The molecule has 0 radical (unpaired) electrons. The van der Waals surface area contributed by atoms with Crippen LogP contribution in [0.5, 0.6) is 5.75 Å². The zero-order valence-electron chi connectivity index (χ0n) is 11.9. The zero-order valence-corrected chi connectivity index (χ0v) is 12.6. The van der Waals surface area contributed by atoms with Crippen LogP contribution >= 0.6 is 11.6 Å². The fourth-order valence-electron chi connectivity index (χ4n) is 2.06. The summed E-state index contributed by atoms with van der Waals surface area (Å²) >= 11 is 5.92. The Hall–Kier alpha value is -1.51. The highest BCUT2D eigenvalue weighted by molar-refractivity contribution is 6.30. The maximum atomic E-state index is 9.73. The second kappa shape index (κ2) is 6.78. The van der Waals surface area contributed by atoms with Gasteiger partial charge in [0.1, 0.15) is 5.75 Å². The minimum atomic E-state index is 0.275. The molecular formula is C17H20ClNO. The summed E-state index contributed by atoms with van der Waals surface area (Å²) in [6.45, 7) is 5.74. The second-order valence-electron chi connectivity index (χ2n) is 5.27. The monoisotopic (exact) mass is 289 g/mol. The fraction of sp³-hybridized carbons (Fsp3) is 0.294. The molecule has 106 valence electrons. The van der Waals surface area contributed by atoms with Crippen LogP contribution in [0, 0.1) is 0 Å². The maximum absolute atomic E-state index is 9.73. The molecule has 3 heteroatoms. The van der Waals surface area contributed by atoms with Gasteiger partial charge in [-0.1, -0.05) is 49.7 Å². The molecule has 0 aliphatic carbocycles. The molecule has 20 heavy (non-hydrogen) atoms. The zero-order chi connectivity index (χ0) is 14.5.